The molecule has 3 nitrogen and oxygen atoms in total. The predicted molar refractivity (Wildman–Crippen MR) is 64.5 cm³/mol. The van der Waals surface area contributed by atoms with Crippen molar-refractivity contribution in [1.82, 2.24) is 4.98 Å². The normalized spacial score (nSPS) is 10.3. The summed E-state index contributed by atoms with van der Waals surface area (Å²) in [7, 11) is 1.35. The third-order valence-electron chi connectivity index (χ3n) is 1.68. The van der Waals surface area contributed by atoms with Crippen molar-refractivity contribution in [3.63, 3.8) is 0 Å². The third kappa shape index (κ3) is 2.27. The lowest BCUT2D eigenvalue weighted by Crippen LogP contribution is -2.00. The van der Waals surface area contributed by atoms with Crippen LogP contribution in [0.3, 0.4) is 0 Å². The molecule has 2 rings (SSSR count). The van der Waals surface area contributed by atoms with Gasteiger partial charge in [0.05, 0.1) is 12.0 Å². The molecule has 0 aromatic carbocycles. The summed E-state index contributed by atoms with van der Waals surface area (Å²) in [4.78, 5) is 16.4. The first-order valence-electron chi connectivity index (χ1n) is 3.99. The quantitative estimate of drug-likeness (QED) is 0.798. The number of nitrogens with zero attached hydrogens (tertiary/aromatic N) is 1. The second kappa shape index (κ2) is 4.42. The topological polar surface area (TPSA) is 39.2 Å². The second-order valence-corrected chi connectivity index (χ2v) is 5.34. The van der Waals surface area contributed by atoms with E-state index in [-0.39, 0.29) is 0 Å². The van der Waals surface area contributed by atoms with E-state index >= 15 is 0 Å². The summed E-state index contributed by atoms with van der Waals surface area (Å²) in [6.07, 6.45) is 0. The van der Waals surface area contributed by atoms with Crippen LogP contribution in [0.15, 0.2) is 21.3 Å². The average molecular weight is 304 g/mol. The molecule has 2 aromatic rings. The molecule has 2 heterocycles. The Bertz CT molecular complexity index is 492. The highest BCUT2D eigenvalue weighted by molar-refractivity contribution is 9.10. The molecular formula is C9H6BrNO2S2. The number of hydrogen-bond donors (Lipinski definition) is 0. The SMILES string of the molecule is COC(=O)c1csc(-c2cc(Br)cs2)n1. The summed E-state index contributed by atoms with van der Waals surface area (Å²) in [6.45, 7) is 0. The van der Waals surface area contributed by atoms with Crippen molar-refractivity contribution in [1.29, 1.82) is 0 Å². The summed E-state index contributed by atoms with van der Waals surface area (Å²) < 4.78 is 5.62. The molecule has 15 heavy (non-hydrogen) atoms. The molecule has 0 aliphatic rings. The van der Waals surface area contributed by atoms with Crippen molar-refractivity contribution in [2.75, 3.05) is 7.11 Å². The minimum Gasteiger partial charge on any atom is -0.464 e. The van der Waals surface area contributed by atoms with Crippen LogP contribution in [0.1, 0.15) is 10.5 Å². The fraction of sp³-hybridized carbons (Fsp3) is 0.111. The monoisotopic (exact) mass is 303 g/mol. The van der Waals surface area contributed by atoms with Gasteiger partial charge in [-0.2, -0.15) is 0 Å². The molecule has 2 aromatic heterocycles. The Morgan fingerprint density at radius 2 is 2.27 bits per heavy atom. The van der Waals surface area contributed by atoms with Gasteiger partial charge in [-0.25, -0.2) is 9.78 Å². The number of rotatable bonds is 2. The minimum atomic E-state index is -0.395. The molecule has 6 heteroatoms. The number of methoxy groups -OCH3 is 1. The maximum Gasteiger partial charge on any atom is 0.357 e. The van der Waals surface area contributed by atoms with Crippen molar-refractivity contribution in [2.45, 2.75) is 0 Å². The molecule has 78 valence electrons. The lowest BCUT2D eigenvalue weighted by molar-refractivity contribution is 0.0595. The molecule has 0 aliphatic heterocycles. The molecule has 0 bridgehead atoms. The van der Waals surface area contributed by atoms with Gasteiger partial charge in [0.2, 0.25) is 0 Å². The molecule has 0 N–H and O–H groups in total. The van der Waals surface area contributed by atoms with E-state index in [0.29, 0.717) is 5.69 Å². The van der Waals surface area contributed by atoms with Crippen molar-refractivity contribution in [3.8, 4) is 9.88 Å². The van der Waals surface area contributed by atoms with Gasteiger partial charge in [-0.1, -0.05) is 0 Å². The van der Waals surface area contributed by atoms with E-state index < -0.39 is 5.97 Å². The Morgan fingerprint density at radius 1 is 1.47 bits per heavy atom. The maximum absolute atomic E-state index is 11.2. The van der Waals surface area contributed by atoms with Crippen molar-refractivity contribution in [2.24, 2.45) is 0 Å². The smallest absolute Gasteiger partial charge is 0.357 e. The standard InChI is InChI=1S/C9H6BrNO2S2/c1-13-9(12)6-4-15-8(11-6)7-2-5(10)3-14-7/h2-4H,1H3. The minimum absolute atomic E-state index is 0.363. The second-order valence-electron chi connectivity index (χ2n) is 2.66. The molecule has 0 atom stereocenters. The van der Waals surface area contributed by atoms with Gasteiger partial charge in [0.25, 0.3) is 0 Å². The number of halogens is 1. The van der Waals surface area contributed by atoms with Crippen LogP contribution in [0, 0.1) is 0 Å². The van der Waals surface area contributed by atoms with Gasteiger partial charge in [0, 0.05) is 15.2 Å². The molecule has 0 spiro atoms. The highest BCUT2D eigenvalue weighted by atomic mass is 79.9. The molecular weight excluding hydrogens is 298 g/mol. The van der Waals surface area contributed by atoms with Crippen LogP contribution in [-0.2, 0) is 4.74 Å². The van der Waals surface area contributed by atoms with Crippen LogP contribution in [0.4, 0.5) is 0 Å². The van der Waals surface area contributed by atoms with E-state index in [1.54, 1.807) is 16.7 Å². The van der Waals surface area contributed by atoms with Gasteiger partial charge in [-0.3, -0.25) is 0 Å². The summed E-state index contributed by atoms with van der Waals surface area (Å²) >= 11 is 6.40. The van der Waals surface area contributed by atoms with Gasteiger partial charge >= 0.3 is 5.97 Å². The first-order valence-corrected chi connectivity index (χ1v) is 6.54. The number of esters is 1. The first kappa shape index (κ1) is 10.8. The van der Waals surface area contributed by atoms with E-state index in [9.17, 15) is 4.79 Å². The number of carbonyl (C=O) groups excluding carboxylic acids is 1. The highest BCUT2D eigenvalue weighted by Gasteiger charge is 2.12. The van der Waals surface area contributed by atoms with Crippen LogP contribution in [0.25, 0.3) is 9.88 Å². The number of hydrogen-bond acceptors (Lipinski definition) is 5. The van der Waals surface area contributed by atoms with Crippen molar-refractivity contribution < 1.29 is 9.53 Å². The molecule has 0 unspecified atom stereocenters. The van der Waals surface area contributed by atoms with E-state index in [1.165, 1.54) is 18.4 Å². The lowest BCUT2D eigenvalue weighted by Gasteiger charge is -1.91. The Morgan fingerprint density at radius 3 is 2.87 bits per heavy atom. The number of ether oxygens (including phenoxy) is 1. The molecule has 0 aliphatic carbocycles. The predicted octanol–water partition coefficient (Wildman–Crippen LogP) is 3.42. The lowest BCUT2D eigenvalue weighted by atomic mass is 10.4. The molecule has 0 fully saturated rings. The zero-order chi connectivity index (χ0) is 10.8. The average Bonchev–Trinajstić information content (AvgIpc) is 2.84. The number of carbonyl (C=O) groups is 1. The zero-order valence-electron chi connectivity index (χ0n) is 7.69. The molecule has 0 radical (unpaired) electrons. The van der Waals surface area contributed by atoms with Gasteiger partial charge in [0.1, 0.15) is 5.01 Å². The van der Waals surface area contributed by atoms with E-state index in [0.717, 1.165) is 14.4 Å². The molecule has 0 saturated carbocycles. The van der Waals surface area contributed by atoms with Crippen LogP contribution >= 0.6 is 38.6 Å². The largest absolute Gasteiger partial charge is 0.464 e. The Balaban J connectivity index is 2.31. The number of thiazole rings is 1. The van der Waals surface area contributed by atoms with Crippen LogP contribution in [0.5, 0.6) is 0 Å². The molecule has 0 amide bonds. The fourth-order valence-electron chi connectivity index (χ4n) is 1.01. The maximum atomic E-state index is 11.2. The number of aromatic nitrogens is 1. The van der Waals surface area contributed by atoms with Crippen LogP contribution in [0.2, 0.25) is 0 Å². The van der Waals surface area contributed by atoms with Crippen LogP contribution < -0.4 is 0 Å². The van der Waals surface area contributed by atoms with Crippen LogP contribution in [-0.4, -0.2) is 18.1 Å². The van der Waals surface area contributed by atoms with Gasteiger partial charge in [0.15, 0.2) is 5.69 Å². The zero-order valence-corrected chi connectivity index (χ0v) is 10.9. The highest BCUT2D eigenvalue weighted by Crippen LogP contribution is 2.31. The summed E-state index contributed by atoms with van der Waals surface area (Å²) in [6, 6.07) is 1.98. The van der Waals surface area contributed by atoms with E-state index in [4.69, 9.17) is 0 Å². The van der Waals surface area contributed by atoms with Gasteiger partial charge in [-0.05, 0) is 22.0 Å². The van der Waals surface area contributed by atoms with Crippen molar-refractivity contribution >= 4 is 44.6 Å². The van der Waals surface area contributed by atoms with Crippen molar-refractivity contribution in [3.05, 3.63) is 27.0 Å². The van der Waals surface area contributed by atoms with Gasteiger partial charge in [-0.15, -0.1) is 22.7 Å². The Kier molecular flexibility index (Phi) is 3.18. The number of thiophene rings is 1. The molecule has 0 saturated heterocycles. The third-order valence-corrected chi connectivity index (χ3v) is 4.38. The Hall–Kier alpha value is -0.720. The first-order chi connectivity index (χ1) is 7.20. The van der Waals surface area contributed by atoms with E-state index in [2.05, 4.69) is 25.7 Å². The Labute approximate surface area is 103 Å². The van der Waals surface area contributed by atoms with E-state index in [1.807, 2.05) is 11.4 Å². The fourth-order valence-corrected chi connectivity index (χ4v) is 3.31. The summed E-state index contributed by atoms with van der Waals surface area (Å²) in [5.74, 6) is -0.395. The summed E-state index contributed by atoms with van der Waals surface area (Å²) in [5.41, 5.74) is 0.363. The van der Waals surface area contributed by atoms with Gasteiger partial charge < -0.3 is 4.74 Å². The summed E-state index contributed by atoms with van der Waals surface area (Å²) in [5, 5.41) is 4.52.